The highest BCUT2D eigenvalue weighted by atomic mass is 35.5. The molecule has 2 aliphatic rings. The predicted octanol–water partition coefficient (Wildman–Crippen LogP) is 4.92. The number of piperazine rings is 1. The largest absolute Gasteiger partial charge is 0.508 e. The van der Waals surface area contributed by atoms with Gasteiger partial charge in [-0.2, -0.15) is 0 Å². The summed E-state index contributed by atoms with van der Waals surface area (Å²) in [6.45, 7) is 4.50. The van der Waals surface area contributed by atoms with Gasteiger partial charge in [-0.05, 0) is 53.3 Å². The minimum absolute atomic E-state index is 0. The van der Waals surface area contributed by atoms with Crippen molar-refractivity contribution >= 4 is 35.6 Å². The molecule has 2 aromatic carbocycles. The van der Waals surface area contributed by atoms with Crippen molar-refractivity contribution in [2.45, 2.75) is 38.1 Å². The lowest BCUT2D eigenvalue weighted by Crippen LogP contribution is -2.47. The van der Waals surface area contributed by atoms with Crippen LogP contribution in [0.15, 0.2) is 36.4 Å². The van der Waals surface area contributed by atoms with Crippen LogP contribution in [0.1, 0.15) is 43.7 Å². The first-order valence-electron chi connectivity index (χ1n) is 9.49. The maximum Gasteiger partial charge on any atom is 0.116 e. The Kier molecular flexibility index (Phi) is 8.03. The van der Waals surface area contributed by atoms with Crippen molar-refractivity contribution in [2.75, 3.05) is 26.2 Å². The first kappa shape index (κ1) is 21.3. The molecule has 0 aromatic heterocycles. The summed E-state index contributed by atoms with van der Waals surface area (Å²) in [4.78, 5) is 2.70. The summed E-state index contributed by atoms with van der Waals surface area (Å²) < 4.78 is 0. The smallest absolute Gasteiger partial charge is 0.116 e. The molecule has 5 heteroatoms. The van der Waals surface area contributed by atoms with E-state index in [1.807, 2.05) is 12.1 Å². The van der Waals surface area contributed by atoms with Gasteiger partial charge in [-0.1, -0.05) is 37.5 Å². The molecule has 26 heavy (non-hydrogen) atoms. The Balaban J connectivity index is 0.00000121. The number of nitrogens with one attached hydrogen (secondary N) is 1. The van der Waals surface area contributed by atoms with E-state index < -0.39 is 0 Å². The highest BCUT2D eigenvalue weighted by Crippen LogP contribution is 2.39. The van der Waals surface area contributed by atoms with Crippen LogP contribution in [0.5, 0.6) is 5.75 Å². The van der Waals surface area contributed by atoms with Crippen LogP contribution >= 0.6 is 24.8 Å². The molecule has 1 heterocycles. The number of fused-ring (bicyclic) bond motifs is 1. The molecule has 1 atom stereocenters. The molecule has 144 valence electrons. The lowest BCUT2D eigenvalue weighted by molar-refractivity contribution is 0.103. The van der Waals surface area contributed by atoms with Crippen molar-refractivity contribution in [3.8, 4) is 5.75 Å². The molecule has 1 aliphatic carbocycles. The van der Waals surface area contributed by atoms with Gasteiger partial charge in [-0.25, -0.2) is 0 Å². The predicted molar refractivity (Wildman–Crippen MR) is 114 cm³/mol. The summed E-state index contributed by atoms with van der Waals surface area (Å²) in [6.07, 6.45) is 6.90. The average Bonchev–Trinajstić information content (AvgIpc) is 2.64. The van der Waals surface area contributed by atoms with Gasteiger partial charge in [0.2, 0.25) is 0 Å². The normalized spacial score (nSPS) is 20.2. The molecule has 1 aliphatic heterocycles. The third-order valence-corrected chi connectivity index (χ3v) is 5.83. The van der Waals surface area contributed by atoms with Gasteiger partial charge in [-0.15, -0.1) is 24.8 Å². The maximum atomic E-state index is 9.70. The van der Waals surface area contributed by atoms with E-state index in [1.54, 1.807) is 6.07 Å². The second kappa shape index (κ2) is 9.80. The van der Waals surface area contributed by atoms with Crippen LogP contribution in [-0.4, -0.2) is 36.2 Å². The number of benzene rings is 2. The molecular weight excluding hydrogens is 367 g/mol. The zero-order chi connectivity index (χ0) is 16.4. The number of nitrogens with zero attached hydrogens (tertiary/aromatic N) is 1. The third-order valence-electron chi connectivity index (χ3n) is 5.83. The summed E-state index contributed by atoms with van der Waals surface area (Å²) in [5.74, 6) is 1.13. The van der Waals surface area contributed by atoms with E-state index in [9.17, 15) is 5.11 Å². The van der Waals surface area contributed by atoms with Gasteiger partial charge in [0.25, 0.3) is 0 Å². The quantitative estimate of drug-likeness (QED) is 0.772. The molecule has 0 radical (unpaired) electrons. The van der Waals surface area contributed by atoms with E-state index in [2.05, 4.69) is 28.4 Å². The highest BCUT2D eigenvalue weighted by molar-refractivity contribution is 5.86. The summed E-state index contributed by atoms with van der Waals surface area (Å²) in [5.41, 5.74) is 1.46. The Labute approximate surface area is 169 Å². The standard InChI is InChI=1S/C21H28N2O.2ClH/c24-20-9-8-17-14-19(7-6-18(17)15-20)21(16-4-2-1-3-5-16)23-12-10-22-11-13-23;;/h6-9,14-16,21-22,24H,1-5,10-13H2;2*1H/t21-;;/m1../s1. The van der Waals surface area contributed by atoms with Gasteiger partial charge < -0.3 is 10.4 Å². The zero-order valence-corrected chi connectivity index (χ0v) is 16.8. The van der Waals surface area contributed by atoms with E-state index in [0.717, 1.165) is 37.5 Å². The molecule has 4 rings (SSSR count). The van der Waals surface area contributed by atoms with Crippen molar-refractivity contribution in [1.29, 1.82) is 0 Å². The first-order chi connectivity index (χ1) is 11.8. The molecule has 0 unspecified atom stereocenters. The highest BCUT2D eigenvalue weighted by Gasteiger charge is 2.30. The lowest BCUT2D eigenvalue weighted by atomic mass is 9.80. The summed E-state index contributed by atoms with van der Waals surface area (Å²) in [7, 11) is 0. The van der Waals surface area contributed by atoms with Gasteiger partial charge >= 0.3 is 0 Å². The Morgan fingerprint density at radius 2 is 1.54 bits per heavy atom. The van der Waals surface area contributed by atoms with E-state index >= 15 is 0 Å². The topological polar surface area (TPSA) is 35.5 Å². The van der Waals surface area contributed by atoms with Crippen molar-refractivity contribution in [2.24, 2.45) is 5.92 Å². The summed E-state index contributed by atoms with van der Waals surface area (Å²) in [5, 5.41) is 15.6. The number of aromatic hydroxyl groups is 1. The minimum Gasteiger partial charge on any atom is -0.508 e. The Morgan fingerprint density at radius 1 is 0.885 bits per heavy atom. The molecule has 0 amide bonds. The van der Waals surface area contributed by atoms with Crippen LogP contribution in [0, 0.1) is 5.92 Å². The molecule has 2 fully saturated rings. The Hall–Kier alpha value is -1.00. The maximum absolute atomic E-state index is 9.70. The molecule has 1 saturated carbocycles. The zero-order valence-electron chi connectivity index (χ0n) is 15.2. The van der Waals surface area contributed by atoms with Crippen molar-refractivity contribution < 1.29 is 5.11 Å². The van der Waals surface area contributed by atoms with E-state index in [-0.39, 0.29) is 24.8 Å². The van der Waals surface area contributed by atoms with Crippen molar-refractivity contribution in [3.63, 3.8) is 0 Å². The fraction of sp³-hybridized carbons (Fsp3) is 0.524. The van der Waals surface area contributed by atoms with Gasteiger partial charge in [0, 0.05) is 32.2 Å². The molecule has 0 bridgehead atoms. The number of hydrogen-bond donors (Lipinski definition) is 2. The molecular formula is C21H30Cl2N2O. The minimum atomic E-state index is 0. The summed E-state index contributed by atoms with van der Waals surface area (Å²) in [6, 6.07) is 13.1. The van der Waals surface area contributed by atoms with E-state index in [4.69, 9.17) is 0 Å². The Bertz CT molecular complexity index is 679. The SMILES string of the molecule is Cl.Cl.Oc1ccc2cc([C@@H](C3CCCCC3)N3CCNCC3)ccc2c1. The van der Waals surface area contributed by atoms with Gasteiger partial charge in [0.05, 0.1) is 0 Å². The van der Waals surface area contributed by atoms with Gasteiger partial charge in [0.15, 0.2) is 0 Å². The number of phenols is 1. The Morgan fingerprint density at radius 3 is 2.27 bits per heavy atom. The molecule has 2 aromatic rings. The first-order valence-corrected chi connectivity index (χ1v) is 9.49. The second-order valence-corrected chi connectivity index (χ2v) is 7.42. The van der Waals surface area contributed by atoms with E-state index in [0.29, 0.717) is 11.8 Å². The van der Waals surface area contributed by atoms with Crippen LogP contribution in [0.4, 0.5) is 0 Å². The molecule has 2 N–H and O–H groups in total. The van der Waals surface area contributed by atoms with Crippen LogP contribution in [0.3, 0.4) is 0 Å². The van der Waals surface area contributed by atoms with Gasteiger partial charge in [-0.3, -0.25) is 4.90 Å². The monoisotopic (exact) mass is 396 g/mol. The lowest BCUT2D eigenvalue weighted by Gasteiger charge is -2.41. The van der Waals surface area contributed by atoms with Gasteiger partial charge in [0.1, 0.15) is 5.75 Å². The van der Waals surface area contributed by atoms with Crippen LogP contribution < -0.4 is 5.32 Å². The summed E-state index contributed by atoms with van der Waals surface area (Å²) >= 11 is 0. The fourth-order valence-electron chi connectivity index (χ4n) is 4.63. The number of rotatable bonds is 3. The van der Waals surface area contributed by atoms with Crippen LogP contribution in [-0.2, 0) is 0 Å². The second-order valence-electron chi connectivity index (χ2n) is 7.42. The van der Waals surface area contributed by atoms with E-state index in [1.165, 1.54) is 43.1 Å². The third kappa shape index (κ3) is 4.64. The van der Waals surface area contributed by atoms with Crippen LogP contribution in [0.2, 0.25) is 0 Å². The number of phenolic OH excluding ortho intramolecular Hbond substituents is 1. The molecule has 1 saturated heterocycles. The molecule has 0 spiro atoms. The van der Waals surface area contributed by atoms with Crippen molar-refractivity contribution in [1.82, 2.24) is 10.2 Å². The van der Waals surface area contributed by atoms with Crippen molar-refractivity contribution in [3.05, 3.63) is 42.0 Å². The fourth-order valence-corrected chi connectivity index (χ4v) is 4.63. The number of hydrogen-bond acceptors (Lipinski definition) is 3. The number of halogens is 2. The van der Waals surface area contributed by atoms with Crippen LogP contribution in [0.25, 0.3) is 10.8 Å². The molecule has 3 nitrogen and oxygen atoms in total. The average molecular weight is 397 g/mol.